The molecule has 0 radical (unpaired) electrons. The standard InChI is InChI=1S/C12H14N2O/c1-8-3-4-10(5-9(8)2)14-12-6-11(15)7-13-12/h3-5,7,15H,6H2,1-2H3,(H,13,14). The molecule has 1 aromatic carbocycles. The van der Waals surface area contributed by atoms with Gasteiger partial charge in [-0.1, -0.05) is 6.07 Å². The Morgan fingerprint density at radius 1 is 1.27 bits per heavy atom. The monoisotopic (exact) mass is 202 g/mol. The van der Waals surface area contributed by atoms with E-state index in [1.54, 1.807) is 0 Å². The minimum Gasteiger partial charge on any atom is -0.510 e. The quantitative estimate of drug-likeness (QED) is 0.735. The minimum absolute atomic E-state index is 0.307. The van der Waals surface area contributed by atoms with Gasteiger partial charge in [-0.25, -0.2) is 4.99 Å². The summed E-state index contributed by atoms with van der Waals surface area (Å²) < 4.78 is 0. The average molecular weight is 202 g/mol. The van der Waals surface area contributed by atoms with Gasteiger partial charge in [-0.05, 0) is 37.1 Å². The van der Waals surface area contributed by atoms with Crippen LogP contribution in [0.2, 0.25) is 0 Å². The van der Waals surface area contributed by atoms with Crippen LogP contribution in [0.5, 0.6) is 0 Å². The largest absolute Gasteiger partial charge is 0.510 e. The number of rotatable bonds is 1. The van der Waals surface area contributed by atoms with E-state index >= 15 is 0 Å². The molecule has 1 aliphatic heterocycles. The highest BCUT2D eigenvalue weighted by molar-refractivity contribution is 5.98. The first-order valence-corrected chi connectivity index (χ1v) is 4.94. The zero-order valence-corrected chi connectivity index (χ0v) is 8.91. The van der Waals surface area contributed by atoms with Crippen LogP contribution >= 0.6 is 0 Å². The first kappa shape index (κ1) is 9.77. The predicted molar refractivity (Wildman–Crippen MR) is 62.3 cm³/mol. The minimum atomic E-state index is 0.307. The van der Waals surface area contributed by atoms with Gasteiger partial charge >= 0.3 is 0 Å². The zero-order chi connectivity index (χ0) is 10.8. The lowest BCUT2D eigenvalue weighted by atomic mass is 10.1. The van der Waals surface area contributed by atoms with Crippen LogP contribution < -0.4 is 5.32 Å². The lowest BCUT2D eigenvalue weighted by Crippen LogP contribution is -2.09. The van der Waals surface area contributed by atoms with E-state index < -0.39 is 0 Å². The normalized spacial score (nSPS) is 14.8. The molecule has 3 heteroatoms. The summed E-state index contributed by atoms with van der Waals surface area (Å²) in [6, 6.07) is 6.16. The highest BCUT2D eigenvalue weighted by atomic mass is 16.3. The van der Waals surface area contributed by atoms with Gasteiger partial charge in [0.25, 0.3) is 0 Å². The molecule has 2 N–H and O–H groups in total. The Balaban J connectivity index is 2.09. The maximum atomic E-state index is 9.18. The molecule has 0 spiro atoms. The van der Waals surface area contributed by atoms with Crippen molar-refractivity contribution in [3.05, 3.63) is 41.3 Å². The number of aliphatic hydroxyl groups excluding tert-OH is 1. The number of nitrogens with zero attached hydrogens (tertiary/aromatic N) is 1. The lowest BCUT2D eigenvalue weighted by Gasteiger charge is -2.08. The summed E-state index contributed by atoms with van der Waals surface area (Å²) in [7, 11) is 0. The van der Waals surface area contributed by atoms with E-state index in [0.717, 1.165) is 11.5 Å². The third-order valence-corrected chi connectivity index (χ3v) is 2.51. The number of hydrogen-bond donors (Lipinski definition) is 2. The van der Waals surface area contributed by atoms with E-state index in [1.807, 2.05) is 6.07 Å². The average Bonchev–Trinajstić information content (AvgIpc) is 2.58. The summed E-state index contributed by atoms with van der Waals surface area (Å²) >= 11 is 0. The van der Waals surface area contributed by atoms with Gasteiger partial charge in [0.05, 0.1) is 12.6 Å². The number of nitrogens with one attached hydrogen (secondary N) is 1. The molecular weight excluding hydrogens is 188 g/mol. The van der Waals surface area contributed by atoms with Crippen molar-refractivity contribution in [2.75, 3.05) is 5.32 Å². The molecule has 0 amide bonds. The second-order valence-corrected chi connectivity index (χ2v) is 3.80. The van der Waals surface area contributed by atoms with Gasteiger partial charge in [0.15, 0.2) is 0 Å². The van der Waals surface area contributed by atoms with E-state index in [1.165, 1.54) is 17.3 Å². The Morgan fingerprint density at radius 3 is 2.67 bits per heavy atom. The van der Waals surface area contributed by atoms with E-state index in [0.29, 0.717) is 12.2 Å². The van der Waals surface area contributed by atoms with Crippen LogP contribution in [0.15, 0.2) is 35.2 Å². The number of benzene rings is 1. The fourth-order valence-corrected chi connectivity index (χ4v) is 1.48. The topological polar surface area (TPSA) is 44.6 Å². The molecule has 1 aliphatic rings. The van der Waals surface area contributed by atoms with Crippen molar-refractivity contribution in [3.63, 3.8) is 0 Å². The fraction of sp³-hybridized carbons (Fsp3) is 0.250. The summed E-state index contributed by atoms with van der Waals surface area (Å²) in [4.78, 5) is 4.06. The molecule has 0 aliphatic carbocycles. The Bertz CT molecular complexity index is 447. The Hall–Kier alpha value is -1.77. The summed E-state index contributed by atoms with van der Waals surface area (Å²) in [5.41, 5.74) is 3.53. The van der Waals surface area contributed by atoms with Crippen molar-refractivity contribution in [1.82, 2.24) is 0 Å². The SMILES string of the molecule is Cc1ccc(NC2=NC=C(O)C2)cc1C. The zero-order valence-electron chi connectivity index (χ0n) is 8.91. The fourth-order valence-electron chi connectivity index (χ4n) is 1.48. The molecule has 0 fully saturated rings. The molecule has 15 heavy (non-hydrogen) atoms. The smallest absolute Gasteiger partial charge is 0.118 e. The van der Waals surface area contributed by atoms with Crippen molar-refractivity contribution in [1.29, 1.82) is 0 Å². The molecule has 0 unspecified atom stereocenters. The third kappa shape index (κ3) is 2.18. The Labute approximate surface area is 89.2 Å². The number of aliphatic imine (C=N–C) groups is 1. The highest BCUT2D eigenvalue weighted by Crippen LogP contribution is 2.16. The van der Waals surface area contributed by atoms with Crippen LogP contribution in [-0.4, -0.2) is 10.9 Å². The molecule has 1 heterocycles. The number of amidine groups is 1. The van der Waals surface area contributed by atoms with Crippen molar-refractivity contribution < 1.29 is 5.11 Å². The van der Waals surface area contributed by atoms with Crippen LogP contribution in [-0.2, 0) is 0 Å². The van der Waals surface area contributed by atoms with E-state index in [9.17, 15) is 5.11 Å². The maximum Gasteiger partial charge on any atom is 0.118 e. The number of aliphatic hydroxyl groups is 1. The van der Waals surface area contributed by atoms with Crippen LogP contribution in [0.4, 0.5) is 5.69 Å². The van der Waals surface area contributed by atoms with Gasteiger partial charge in [-0.3, -0.25) is 0 Å². The molecule has 2 rings (SSSR count). The van der Waals surface area contributed by atoms with Crippen LogP contribution in [0.3, 0.4) is 0 Å². The van der Waals surface area contributed by atoms with Crippen molar-refractivity contribution in [3.8, 4) is 0 Å². The number of aryl methyl sites for hydroxylation is 2. The molecule has 0 saturated carbocycles. The first-order valence-electron chi connectivity index (χ1n) is 4.94. The van der Waals surface area contributed by atoms with Crippen molar-refractivity contribution >= 4 is 11.5 Å². The van der Waals surface area contributed by atoms with Crippen molar-refractivity contribution in [2.45, 2.75) is 20.3 Å². The number of anilines is 1. The molecule has 0 atom stereocenters. The van der Waals surface area contributed by atoms with Gasteiger partial charge in [0, 0.05) is 5.69 Å². The summed E-state index contributed by atoms with van der Waals surface area (Å²) in [5, 5.41) is 12.4. The summed E-state index contributed by atoms with van der Waals surface area (Å²) in [5.74, 6) is 1.09. The van der Waals surface area contributed by atoms with Gasteiger partial charge in [0.1, 0.15) is 11.6 Å². The molecule has 0 aromatic heterocycles. The van der Waals surface area contributed by atoms with Crippen LogP contribution in [0.25, 0.3) is 0 Å². The van der Waals surface area contributed by atoms with E-state index in [-0.39, 0.29) is 0 Å². The Kier molecular flexibility index (Phi) is 2.46. The molecule has 0 saturated heterocycles. The molecule has 3 nitrogen and oxygen atoms in total. The molecular formula is C12H14N2O. The van der Waals surface area contributed by atoms with Gasteiger partial charge in [0.2, 0.25) is 0 Å². The van der Waals surface area contributed by atoms with Gasteiger partial charge < -0.3 is 10.4 Å². The maximum absolute atomic E-state index is 9.18. The van der Waals surface area contributed by atoms with E-state index in [4.69, 9.17) is 0 Å². The number of hydrogen-bond acceptors (Lipinski definition) is 3. The van der Waals surface area contributed by atoms with E-state index in [2.05, 4.69) is 36.3 Å². The highest BCUT2D eigenvalue weighted by Gasteiger charge is 2.08. The van der Waals surface area contributed by atoms with Crippen LogP contribution in [0, 0.1) is 13.8 Å². The molecule has 1 aromatic rings. The van der Waals surface area contributed by atoms with Gasteiger partial charge in [-0.15, -0.1) is 0 Å². The molecule has 78 valence electrons. The summed E-state index contributed by atoms with van der Waals surface area (Å²) in [6.45, 7) is 4.16. The van der Waals surface area contributed by atoms with Crippen molar-refractivity contribution in [2.24, 2.45) is 4.99 Å². The summed E-state index contributed by atoms with van der Waals surface area (Å²) in [6.07, 6.45) is 1.97. The second kappa shape index (κ2) is 3.77. The van der Waals surface area contributed by atoms with Crippen LogP contribution in [0.1, 0.15) is 17.5 Å². The van der Waals surface area contributed by atoms with Gasteiger partial charge in [-0.2, -0.15) is 0 Å². The lowest BCUT2D eigenvalue weighted by molar-refractivity contribution is 0.407. The second-order valence-electron chi connectivity index (χ2n) is 3.80. The third-order valence-electron chi connectivity index (χ3n) is 2.51. The first-order chi connectivity index (χ1) is 7.15. The predicted octanol–water partition coefficient (Wildman–Crippen LogP) is 2.92. The molecule has 0 bridgehead atoms. The Morgan fingerprint density at radius 2 is 2.07 bits per heavy atom.